The summed E-state index contributed by atoms with van der Waals surface area (Å²) in [5, 5.41) is 7.10. The highest BCUT2D eigenvalue weighted by atomic mass is 35.5. The molecule has 3 N–H and O–H groups in total. The number of nitrogens with zero attached hydrogens (tertiary/aromatic N) is 1. The Bertz CT molecular complexity index is 1120. The molecule has 1 aromatic heterocycles. The molecule has 3 amide bonds. The molecule has 0 saturated heterocycles. The van der Waals surface area contributed by atoms with Gasteiger partial charge in [0.2, 0.25) is 0 Å². The van der Waals surface area contributed by atoms with Crippen LogP contribution in [-0.2, 0) is 0 Å². The summed E-state index contributed by atoms with van der Waals surface area (Å²) in [5.41, 5.74) is -1.60. The molecule has 1 atom stereocenters. The molecule has 0 saturated carbocycles. The molecule has 0 aliphatic heterocycles. The van der Waals surface area contributed by atoms with Crippen molar-refractivity contribution in [2.45, 2.75) is 19.5 Å². The number of carbonyl (C=O) groups excluding carboxylic acids is 2. The van der Waals surface area contributed by atoms with Crippen molar-refractivity contribution in [1.82, 2.24) is 15.6 Å². The van der Waals surface area contributed by atoms with E-state index in [9.17, 15) is 22.8 Å². The average molecular weight is 481 g/mol. The molecule has 7 nitrogen and oxygen atoms in total. The highest BCUT2D eigenvalue weighted by Crippen LogP contribution is 2.50. The lowest BCUT2D eigenvalue weighted by Gasteiger charge is -2.34. The molecule has 33 heavy (non-hydrogen) atoms. The first-order valence-electron chi connectivity index (χ1n) is 9.69. The van der Waals surface area contributed by atoms with Gasteiger partial charge in [-0.15, -0.1) is 0 Å². The van der Waals surface area contributed by atoms with Gasteiger partial charge in [0.1, 0.15) is 22.6 Å². The van der Waals surface area contributed by atoms with E-state index in [1.807, 2.05) is 0 Å². The Morgan fingerprint density at radius 2 is 1.79 bits per heavy atom. The molecule has 0 spiro atoms. The minimum Gasteiger partial charge on any atom is -0.457 e. The normalized spacial score (nSPS) is 18.0. The summed E-state index contributed by atoms with van der Waals surface area (Å²) >= 11 is 5.78. The highest BCUT2D eigenvalue weighted by molar-refractivity contribution is 6.30. The van der Waals surface area contributed by atoms with Gasteiger partial charge in [-0.3, -0.25) is 9.78 Å². The molecule has 0 fully saturated rings. The molecule has 11 heteroatoms. The number of pyridine rings is 1. The number of hydrogen-bond acceptors (Lipinski definition) is 4. The van der Waals surface area contributed by atoms with E-state index in [1.54, 1.807) is 30.3 Å². The number of aromatic nitrogens is 1. The maximum Gasteiger partial charge on any atom is 0.399 e. The van der Waals surface area contributed by atoms with E-state index < -0.39 is 24.0 Å². The number of alkyl halides is 3. The van der Waals surface area contributed by atoms with Crippen LogP contribution >= 0.6 is 11.6 Å². The Balaban J connectivity index is 1.60. The summed E-state index contributed by atoms with van der Waals surface area (Å²) in [6, 6.07) is 8.64. The second-order valence-corrected chi connectivity index (χ2v) is 7.78. The predicted octanol–water partition coefficient (Wildman–Crippen LogP) is 5.33. The minimum absolute atomic E-state index is 0.0845. The lowest BCUT2D eigenvalue weighted by molar-refractivity contribution is -0.201. The van der Waals surface area contributed by atoms with Crippen LogP contribution in [0.15, 0.2) is 65.5 Å². The van der Waals surface area contributed by atoms with Crippen LogP contribution in [0, 0.1) is 5.41 Å². The van der Waals surface area contributed by atoms with Gasteiger partial charge in [0, 0.05) is 42.1 Å². The van der Waals surface area contributed by atoms with Crippen molar-refractivity contribution in [2.24, 2.45) is 5.41 Å². The highest BCUT2D eigenvalue weighted by Gasteiger charge is 2.54. The summed E-state index contributed by atoms with van der Waals surface area (Å²) in [5.74, 6) is 0.476. The molecule has 0 bridgehead atoms. The largest absolute Gasteiger partial charge is 0.457 e. The lowest BCUT2D eigenvalue weighted by atomic mass is 9.81. The quantitative estimate of drug-likeness (QED) is 0.539. The van der Waals surface area contributed by atoms with Crippen molar-refractivity contribution in [3.05, 3.63) is 71.2 Å². The Hall–Kier alpha value is -3.53. The van der Waals surface area contributed by atoms with Gasteiger partial charge in [-0.05, 0) is 49.4 Å². The molecular weight excluding hydrogens is 461 g/mol. The number of rotatable bonds is 5. The first kappa shape index (κ1) is 24.1. The van der Waals surface area contributed by atoms with Crippen molar-refractivity contribution in [2.75, 3.05) is 12.4 Å². The Kier molecular flexibility index (Phi) is 6.97. The number of carbonyl (C=O) groups is 2. The molecule has 0 radical (unpaired) electrons. The second-order valence-electron chi connectivity index (χ2n) is 7.37. The van der Waals surface area contributed by atoms with Gasteiger partial charge in [0.25, 0.3) is 5.91 Å². The predicted molar refractivity (Wildman–Crippen MR) is 117 cm³/mol. The van der Waals surface area contributed by atoms with Gasteiger partial charge in [-0.25, -0.2) is 4.79 Å². The number of amides is 3. The maximum atomic E-state index is 13.4. The molecule has 174 valence electrons. The molecule has 3 rings (SSSR count). The van der Waals surface area contributed by atoms with Crippen LogP contribution in [0.1, 0.15) is 23.8 Å². The second kappa shape index (κ2) is 9.53. The molecular formula is C22H20ClF3N4O3. The Morgan fingerprint density at radius 1 is 1.09 bits per heavy atom. The number of ether oxygens (including phenoxy) is 1. The Labute approximate surface area is 192 Å². The van der Waals surface area contributed by atoms with Gasteiger partial charge < -0.3 is 20.7 Å². The van der Waals surface area contributed by atoms with Crippen LogP contribution < -0.4 is 20.7 Å². The van der Waals surface area contributed by atoms with Gasteiger partial charge in [-0.2, -0.15) is 13.2 Å². The van der Waals surface area contributed by atoms with E-state index in [0.717, 1.165) is 13.0 Å². The summed E-state index contributed by atoms with van der Waals surface area (Å²) in [4.78, 5) is 27.9. The first-order chi connectivity index (χ1) is 15.5. The van der Waals surface area contributed by atoms with Crippen molar-refractivity contribution in [1.29, 1.82) is 0 Å². The molecule has 1 heterocycles. The van der Waals surface area contributed by atoms with Gasteiger partial charge >= 0.3 is 12.2 Å². The SMILES string of the molecule is CNC(=O)c1cc(Oc2ccc(NC(=O)NC3=CC=C(Cl)C(C)(C(F)(F)F)C3)cc2)ccn1. The number of anilines is 1. The fourth-order valence-electron chi connectivity index (χ4n) is 2.98. The third kappa shape index (κ3) is 5.64. The Morgan fingerprint density at radius 3 is 2.42 bits per heavy atom. The molecule has 2 aromatic rings. The zero-order valence-corrected chi connectivity index (χ0v) is 18.3. The van der Waals surface area contributed by atoms with Crippen LogP contribution in [-0.4, -0.2) is 30.1 Å². The number of urea groups is 1. The first-order valence-corrected chi connectivity index (χ1v) is 10.1. The van der Waals surface area contributed by atoms with Crippen LogP contribution in [0.4, 0.5) is 23.7 Å². The summed E-state index contributed by atoms with van der Waals surface area (Å²) < 4.78 is 45.9. The topological polar surface area (TPSA) is 92.4 Å². The zero-order chi connectivity index (χ0) is 24.2. The number of halogens is 4. The summed E-state index contributed by atoms with van der Waals surface area (Å²) in [7, 11) is 1.49. The number of benzene rings is 1. The van der Waals surface area contributed by atoms with Crippen molar-refractivity contribution in [3.63, 3.8) is 0 Å². The van der Waals surface area contributed by atoms with Crippen LogP contribution in [0.3, 0.4) is 0 Å². The van der Waals surface area contributed by atoms with Gasteiger partial charge in [0.05, 0.1) is 0 Å². The van der Waals surface area contributed by atoms with E-state index in [-0.39, 0.29) is 22.3 Å². The van der Waals surface area contributed by atoms with Gasteiger partial charge in [-0.1, -0.05) is 11.6 Å². The van der Waals surface area contributed by atoms with Crippen LogP contribution in [0.25, 0.3) is 0 Å². The third-order valence-electron chi connectivity index (χ3n) is 4.94. The summed E-state index contributed by atoms with van der Waals surface area (Å²) in [6.45, 7) is 0.984. The smallest absolute Gasteiger partial charge is 0.399 e. The average Bonchev–Trinajstić information content (AvgIpc) is 2.76. The molecule has 1 aromatic carbocycles. The van der Waals surface area contributed by atoms with Crippen molar-refractivity contribution >= 4 is 29.2 Å². The molecule has 1 aliphatic rings. The molecule has 1 aliphatic carbocycles. The van der Waals surface area contributed by atoms with E-state index in [0.29, 0.717) is 17.2 Å². The van der Waals surface area contributed by atoms with E-state index in [2.05, 4.69) is 20.9 Å². The fraction of sp³-hybridized carbons (Fsp3) is 0.227. The lowest BCUT2D eigenvalue weighted by Crippen LogP contribution is -2.40. The number of hydrogen-bond donors (Lipinski definition) is 3. The fourth-order valence-corrected chi connectivity index (χ4v) is 3.22. The molecule has 1 unspecified atom stereocenters. The maximum absolute atomic E-state index is 13.4. The van der Waals surface area contributed by atoms with Crippen molar-refractivity contribution < 1.29 is 27.5 Å². The van der Waals surface area contributed by atoms with E-state index in [4.69, 9.17) is 16.3 Å². The summed E-state index contributed by atoms with van der Waals surface area (Å²) in [6.07, 6.45) is -1.14. The zero-order valence-electron chi connectivity index (χ0n) is 17.6. The van der Waals surface area contributed by atoms with E-state index >= 15 is 0 Å². The third-order valence-corrected chi connectivity index (χ3v) is 5.48. The van der Waals surface area contributed by atoms with Crippen LogP contribution in [0.2, 0.25) is 0 Å². The number of nitrogens with one attached hydrogen (secondary N) is 3. The van der Waals surface area contributed by atoms with Gasteiger partial charge in [0.15, 0.2) is 0 Å². The van der Waals surface area contributed by atoms with Crippen LogP contribution in [0.5, 0.6) is 11.5 Å². The monoisotopic (exact) mass is 480 g/mol. The minimum atomic E-state index is -4.57. The van der Waals surface area contributed by atoms with E-state index in [1.165, 1.54) is 25.4 Å². The number of allylic oxidation sites excluding steroid dienone is 4. The van der Waals surface area contributed by atoms with Crippen molar-refractivity contribution in [3.8, 4) is 11.5 Å². The standard InChI is InChI=1S/C22H20ClF3N4O3/c1-21(22(24,25)26)12-14(5-8-18(21)23)30-20(32)29-13-3-6-15(7-4-13)33-16-9-10-28-17(11-16)19(31)27-2/h3-11H,12H2,1-2H3,(H,27,31)(H2,29,30,32).